The van der Waals surface area contributed by atoms with Gasteiger partial charge in [0.2, 0.25) is 0 Å². The molecular weight excluding hydrogens is 192 g/mol. The van der Waals surface area contributed by atoms with Crippen molar-refractivity contribution in [1.29, 1.82) is 0 Å². The van der Waals surface area contributed by atoms with Crippen LogP contribution in [0.3, 0.4) is 0 Å². The molecule has 1 aliphatic carbocycles. The summed E-state index contributed by atoms with van der Waals surface area (Å²) in [5.41, 5.74) is 5.00. The number of carbonyl (C=O) groups excluding carboxylic acids is 1. The predicted molar refractivity (Wildman–Crippen MR) is 49.1 cm³/mol. The number of nitrogens with two attached hydrogens (primary N) is 1. The number of hydrogen-bond donors (Lipinski definition) is 2. The van der Waals surface area contributed by atoms with E-state index in [0.29, 0.717) is 0 Å². The Morgan fingerprint density at radius 1 is 1.38 bits per heavy atom. The first-order chi connectivity index (χ1) is 6.13. The molecule has 0 aromatic carbocycles. The van der Waals surface area contributed by atoms with Crippen LogP contribution in [0.15, 0.2) is 0 Å². The largest absolute Gasteiger partial charge is 0.351 e. The highest BCUT2D eigenvalue weighted by atomic mass is 32.2. The second-order valence-electron chi connectivity index (χ2n) is 3.19. The van der Waals surface area contributed by atoms with Gasteiger partial charge in [0.15, 0.2) is 0 Å². The SMILES string of the molecule is NC(=O)N(C1CCCCC1)S(=O)O. The molecule has 2 amide bonds. The number of urea groups is 1. The van der Waals surface area contributed by atoms with E-state index in [1.807, 2.05) is 0 Å². The standard InChI is InChI=1S/C7H14N2O3S/c8-7(10)9(13(11)12)6-4-2-1-3-5-6/h6H,1-5H2,(H2,8,10)(H,11,12). The normalized spacial score (nSPS) is 21.0. The fourth-order valence-corrected chi connectivity index (χ4v) is 2.32. The second-order valence-corrected chi connectivity index (χ2v) is 4.04. The van der Waals surface area contributed by atoms with Gasteiger partial charge in [-0.25, -0.2) is 13.3 Å². The number of amides is 2. The first-order valence-corrected chi connectivity index (χ1v) is 5.39. The lowest BCUT2D eigenvalue weighted by molar-refractivity contribution is 0.207. The molecule has 0 aromatic heterocycles. The minimum absolute atomic E-state index is 0.155. The molecule has 76 valence electrons. The van der Waals surface area contributed by atoms with Gasteiger partial charge in [-0.05, 0) is 12.8 Å². The third-order valence-electron chi connectivity index (χ3n) is 2.29. The lowest BCUT2D eigenvalue weighted by atomic mass is 9.96. The van der Waals surface area contributed by atoms with Crippen molar-refractivity contribution in [3.8, 4) is 0 Å². The Hall–Kier alpha value is -0.620. The van der Waals surface area contributed by atoms with Gasteiger partial charge in [0.05, 0.1) is 0 Å². The smallest absolute Gasteiger partial charge is 0.328 e. The fourth-order valence-electron chi connectivity index (χ4n) is 1.70. The molecule has 3 N–H and O–H groups in total. The molecule has 1 aliphatic rings. The zero-order valence-electron chi connectivity index (χ0n) is 7.31. The third kappa shape index (κ3) is 2.67. The van der Waals surface area contributed by atoms with Crippen LogP contribution in [0, 0.1) is 0 Å². The molecule has 1 saturated carbocycles. The van der Waals surface area contributed by atoms with Crippen LogP contribution >= 0.6 is 0 Å². The van der Waals surface area contributed by atoms with E-state index < -0.39 is 17.3 Å². The highest BCUT2D eigenvalue weighted by Gasteiger charge is 2.27. The van der Waals surface area contributed by atoms with Gasteiger partial charge in [0, 0.05) is 6.04 Å². The van der Waals surface area contributed by atoms with Crippen LogP contribution in [-0.2, 0) is 11.3 Å². The monoisotopic (exact) mass is 206 g/mol. The summed E-state index contributed by atoms with van der Waals surface area (Å²) in [4.78, 5) is 10.8. The molecule has 6 heteroatoms. The van der Waals surface area contributed by atoms with E-state index in [1.54, 1.807) is 0 Å². The molecule has 0 aliphatic heterocycles. The van der Waals surface area contributed by atoms with Crippen LogP contribution in [-0.4, -0.2) is 25.1 Å². The van der Waals surface area contributed by atoms with Crippen LogP contribution in [0.25, 0.3) is 0 Å². The van der Waals surface area contributed by atoms with Gasteiger partial charge in [-0.1, -0.05) is 19.3 Å². The molecule has 1 atom stereocenters. The third-order valence-corrected chi connectivity index (χ3v) is 3.11. The summed E-state index contributed by atoms with van der Waals surface area (Å²) >= 11 is -2.27. The van der Waals surface area contributed by atoms with Crippen molar-refractivity contribution < 1.29 is 13.6 Å². The molecule has 0 heterocycles. The van der Waals surface area contributed by atoms with Crippen molar-refractivity contribution in [2.24, 2.45) is 5.73 Å². The Kier molecular flexibility index (Phi) is 3.68. The molecule has 0 aromatic rings. The zero-order valence-corrected chi connectivity index (χ0v) is 8.13. The summed E-state index contributed by atoms with van der Waals surface area (Å²) in [6.45, 7) is 0. The van der Waals surface area contributed by atoms with Crippen molar-refractivity contribution in [2.45, 2.75) is 38.1 Å². The average molecular weight is 206 g/mol. The first-order valence-electron chi connectivity index (χ1n) is 4.32. The summed E-state index contributed by atoms with van der Waals surface area (Å²) in [6, 6.07) is -0.968. The van der Waals surface area contributed by atoms with E-state index in [9.17, 15) is 9.00 Å². The Bertz CT molecular complexity index is 202. The average Bonchev–Trinajstić information content (AvgIpc) is 2.04. The number of carbonyl (C=O) groups is 1. The molecule has 0 spiro atoms. The summed E-state index contributed by atoms with van der Waals surface area (Å²) in [6.07, 6.45) is 4.66. The summed E-state index contributed by atoms with van der Waals surface area (Å²) in [7, 11) is 0. The van der Waals surface area contributed by atoms with Gasteiger partial charge < -0.3 is 5.73 Å². The molecule has 1 fully saturated rings. The van der Waals surface area contributed by atoms with Crippen molar-refractivity contribution in [1.82, 2.24) is 4.31 Å². The maximum Gasteiger partial charge on any atom is 0.328 e. The number of nitrogens with zero attached hydrogens (tertiary/aromatic N) is 1. The van der Waals surface area contributed by atoms with Crippen LogP contribution < -0.4 is 5.73 Å². The lowest BCUT2D eigenvalue weighted by Gasteiger charge is -2.29. The van der Waals surface area contributed by atoms with Crippen LogP contribution in [0.4, 0.5) is 4.79 Å². The van der Waals surface area contributed by atoms with Crippen molar-refractivity contribution in [3.05, 3.63) is 0 Å². The molecule has 0 bridgehead atoms. The highest BCUT2D eigenvalue weighted by molar-refractivity contribution is 7.77. The van der Waals surface area contributed by atoms with Gasteiger partial charge in [-0.15, -0.1) is 0 Å². The van der Waals surface area contributed by atoms with Crippen LogP contribution in [0.5, 0.6) is 0 Å². The van der Waals surface area contributed by atoms with Gasteiger partial charge in [-0.3, -0.25) is 4.55 Å². The maximum atomic E-state index is 10.8. The summed E-state index contributed by atoms with van der Waals surface area (Å²) in [5, 5.41) is 0. The number of rotatable bonds is 2. The zero-order chi connectivity index (χ0) is 9.84. The summed E-state index contributed by atoms with van der Waals surface area (Å²) in [5.74, 6) is 0. The van der Waals surface area contributed by atoms with Crippen molar-refractivity contribution in [2.75, 3.05) is 0 Å². The van der Waals surface area contributed by atoms with Crippen LogP contribution in [0.1, 0.15) is 32.1 Å². The minimum atomic E-state index is -2.27. The van der Waals surface area contributed by atoms with Gasteiger partial charge in [0.1, 0.15) is 0 Å². The molecule has 5 nitrogen and oxygen atoms in total. The highest BCUT2D eigenvalue weighted by Crippen LogP contribution is 2.22. The Balaban J connectivity index is 2.62. The van der Waals surface area contributed by atoms with E-state index in [4.69, 9.17) is 10.3 Å². The lowest BCUT2D eigenvalue weighted by Crippen LogP contribution is -2.45. The molecule has 13 heavy (non-hydrogen) atoms. The van der Waals surface area contributed by atoms with E-state index in [1.165, 1.54) is 0 Å². The first kappa shape index (κ1) is 10.5. The van der Waals surface area contributed by atoms with E-state index in [0.717, 1.165) is 36.4 Å². The molecule has 0 saturated heterocycles. The second kappa shape index (κ2) is 4.57. The minimum Gasteiger partial charge on any atom is -0.351 e. The molecule has 0 radical (unpaired) electrons. The predicted octanol–water partition coefficient (Wildman–Crippen LogP) is 0.837. The van der Waals surface area contributed by atoms with Gasteiger partial charge in [0.25, 0.3) is 11.3 Å². The summed E-state index contributed by atoms with van der Waals surface area (Å²) < 4.78 is 20.5. The van der Waals surface area contributed by atoms with Gasteiger partial charge >= 0.3 is 6.03 Å². The van der Waals surface area contributed by atoms with Gasteiger partial charge in [-0.2, -0.15) is 0 Å². The molecular formula is C7H14N2O3S. The number of hydrogen-bond acceptors (Lipinski definition) is 2. The molecule has 1 rings (SSSR count). The Morgan fingerprint density at radius 2 is 1.92 bits per heavy atom. The van der Waals surface area contributed by atoms with Crippen LogP contribution in [0.2, 0.25) is 0 Å². The topological polar surface area (TPSA) is 83.6 Å². The molecule has 1 unspecified atom stereocenters. The van der Waals surface area contributed by atoms with E-state index in [2.05, 4.69) is 0 Å². The van der Waals surface area contributed by atoms with E-state index in [-0.39, 0.29) is 6.04 Å². The Morgan fingerprint density at radius 3 is 2.31 bits per heavy atom. The quantitative estimate of drug-likeness (QED) is 0.656. The van der Waals surface area contributed by atoms with Crippen molar-refractivity contribution >= 4 is 17.3 Å². The van der Waals surface area contributed by atoms with Crippen molar-refractivity contribution in [3.63, 3.8) is 0 Å². The Labute approximate surface area is 79.7 Å². The number of primary amides is 1. The fraction of sp³-hybridized carbons (Fsp3) is 0.857. The maximum absolute atomic E-state index is 10.8. The van der Waals surface area contributed by atoms with E-state index >= 15 is 0 Å².